The zero-order chi connectivity index (χ0) is 28.1. The molecule has 1 N–H and O–H groups in total. The summed E-state index contributed by atoms with van der Waals surface area (Å²) in [4.78, 5) is 22.6. The van der Waals surface area contributed by atoms with Gasteiger partial charge in [0.2, 0.25) is 0 Å². The SMILES string of the molecule is c1cncc(-c2ccc(C3=NC(c4ccc(-c5ccncc5)cc4)N=C(c4ccc(-c5ccncc5)cc4)N3)cc2)c1. The summed E-state index contributed by atoms with van der Waals surface area (Å²) >= 11 is 0. The van der Waals surface area contributed by atoms with E-state index in [9.17, 15) is 0 Å². The van der Waals surface area contributed by atoms with E-state index in [-0.39, 0.29) is 6.17 Å². The molecule has 0 spiro atoms. The zero-order valence-electron chi connectivity index (χ0n) is 22.7. The number of benzene rings is 3. The quantitative estimate of drug-likeness (QED) is 0.238. The van der Waals surface area contributed by atoms with Crippen LogP contribution in [0, 0.1) is 0 Å². The minimum Gasteiger partial charge on any atom is -0.324 e. The van der Waals surface area contributed by atoms with Crippen molar-refractivity contribution in [3.05, 3.63) is 163 Å². The Balaban J connectivity index is 1.23. The van der Waals surface area contributed by atoms with E-state index >= 15 is 0 Å². The Kier molecular flexibility index (Phi) is 6.84. The van der Waals surface area contributed by atoms with Gasteiger partial charge in [0, 0.05) is 48.3 Å². The highest BCUT2D eigenvalue weighted by Crippen LogP contribution is 2.28. The van der Waals surface area contributed by atoms with Crippen LogP contribution in [0.3, 0.4) is 0 Å². The van der Waals surface area contributed by atoms with Gasteiger partial charge in [-0.05, 0) is 69.3 Å². The number of amidine groups is 2. The predicted molar refractivity (Wildman–Crippen MR) is 168 cm³/mol. The summed E-state index contributed by atoms with van der Waals surface area (Å²) < 4.78 is 0. The largest absolute Gasteiger partial charge is 0.324 e. The highest BCUT2D eigenvalue weighted by atomic mass is 15.2. The standard InChI is InChI=1S/C36H26N6/c1-2-33(24-39-19-1)27-7-13-32(14-8-27)36-41-34(30-9-3-25(4-10-30)28-15-20-37-21-16-28)40-35(42-36)31-11-5-26(6-12-31)29-17-22-38-23-18-29/h1-24,34H,(H,40,41,42). The topological polar surface area (TPSA) is 75.4 Å². The van der Waals surface area contributed by atoms with Crippen molar-refractivity contribution in [2.24, 2.45) is 9.98 Å². The van der Waals surface area contributed by atoms with E-state index in [1.54, 1.807) is 6.20 Å². The third-order valence-electron chi connectivity index (χ3n) is 7.29. The normalized spacial score (nSPS) is 14.4. The van der Waals surface area contributed by atoms with Crippen molar-refractivity contribution in [2.75, 3.05) is 0 Å². The fourth-order valence-electron chi connectivity index (χ4n) is 5.00. The Hall–Kier alpha value is -5.75. The molecule has 7 rings (SSSR count). The summed E-state index contributed by atoms with van der Waals surface area (Å²) in [6.07, 6.45) is 10.5. The van der Waals surface area contributed by atoms with Gasteiger partial charge in [-0.15, -0.1) is 0 Å². The van der Waals surface area contributed by atoms with Gasteiger partial charge in [-0.25, -0.2) is 9.98 Å². The van der Waals surface area contributed by atoms with Crippen LogP contribution in [0.1, 0.15) is 22.9 Å². The first kappa shape index (κ1) is 25.2. The molecule has 3 aromatic heterocycles. The Morgan fingerprint density at radius 2 is 0.810 bits per heavy atom. The molecule has 6 heteroatoms. The molecule has 6 nitrogen and oxygen atoms in total. The Labute approximate surface area is 244 Å². The van der Waals surface area contributed by atoms with Crippen LogP contribution in [0.4, 0.5) is 0 Å². The lowest BCUT2D eigenvalue weighted by atomic mass is 10.0. The average molecular weight is 543 g/mol. The minimum absolute atomic E-state index is 0.388. The van der Waals surface area contributed by atoms with Crippen molar-refractivity contribution < 1.29 is 0 Å². The molecule has 6 aromatic rings. The molecule has 0 saturated heterocycles. The van der Waals surface area contributed by atoms with Crippen LogP contribution >= 0.6 is 0 Å². The van der Waals surface area contributed by atoms with Gasteiger partial charge in [0.1, 0.15) is 11.7 Å². The molecule has 42 heavy (non-hydrogen) atoms. The van der Waals surface area contributed by atoms with Gasteiger partial charge < -0.3 is 5.32 Å². The molecule has 0 bridgehead atoms. The van der Waals surface area contributed by atoms with Gasteiger partial charge in [0.05, 0.1) is 0 Å². The summed E-state index contributed by atoms with van der Waals surface area (Å²) in [7, 11) is 0. The van der Waals surface area contributed by atoms with Crippen molar-refractivity contribution in [1.29, 1.82) is 0 Å². The number of rotatable bonds is 6. The van der Waals surface area contributed by atoms with Crippen LogP contribution in [0.25, 0.3) is 33.4 Å². The average Bonchev–Trinajstić information content (AvgIpc) is 3.09. The fourth-order valence-corrected chi connectivity index (χ4v) is 5.00. The van der Waals surface area contributed by atoms with Crippen LogP contribution in [0.2, 0.25) is 0 Å². The van der Waals surface area contributed by atoms with E-state index in [1.807, 2.05) is 61.3 Å². The summed E-state index contributed by atoms with van der Waals surface area (Å²) in [6, 6.07) is 37.3. The van der Waals surface area contributed by atoms with E-state index in [2.05, 4.69) is 99.1 Å². The number of nitrogens with one attached hydrogen (secondary N) is 1. The second-order valence-corrected chi connectivity index (χ2v) is 9.94. The summed E-state index contributed by atoms with van der Waals surface area (Å²) in [5.41, 5.74) is 9.67. The second-order valence-electron chi connectivity index (χ2n) is 9.94. The fraction of sp³-hybridized carbons (Fsp3) is 0.0278. The summed E-state index contributed by atoms with van der Waals surface area (Å²) in [6.45, 7) is 0. The molecule has 0 fully saturated rings. The number of pyridine rings is 3. The van der Waals surface area contributed by atoms with Crippen LogP contribution in [-0.4, -0.2) is 26.6 Å². The number of aromatic nitrogens is 3. The van der Waals surface area contributed by atoms with Gasteiger partial charge >= 0.3 is 0 Å². The molecule has 200 valence electrons. The highest BCUT2D eigenvalue weighted by molar-refractivity contribution is 6.16. The molecular weight excluding hydrogens is 516 g/mol. The van der Waals surface area contributed by atoms with Crippen molar-refractivity contribution in [3.8, 4) is 33.4 Å². The van der Waals surface area contributed by atoms with Crippen molar-refractivity contribution in [3.63, 3.8) is 0 Å². The molecule has 1 unspecified atom stereocenters. The lowest BCUT2D eigenvalue weighted by Gasteiger charge is -2.23. The number of hydrogen-bond donors (Lipinski definition) is 1. The highest BCUT2D eigenvalue weighted by Gasteiger charge is 2.21. The molecule has 0 aliphatic carbocycles. The number of hydrogen-bond acceptors (Lipinski definition) is 6. The molecule has 4 heterocycles. The first-order valence-corrected chi connectivity index (χ1v) is 13.7. The van der Waals surface area contributed by atoms with E-state index in [1.165, 1.54) is 0 Å². The lowest BCUT2D eigenvalue weighted by molar-refractivity contribution is 0.756. The molecule has 0 radical (unpaired) electrons. The molecule has 1 atom stereocenters. The van der Waals surface area contributed by atoms with Gasteiger partial charge in [0.25, 0.3) is 0 Å². The van der Waals surface area contributed by atoms with Crippen molar-refractivity contribution in [1.82, 2.24) is 20.3 Å². The van der Waals surface area contributed by atoms with E-state index < -0.39 is 0 Å². The maximum Gasteiger partial charge on any atom is 0.169 e. The van der Waals surface area contributed by atoms with Crippen LogP contribution in [-0.2, 0) is 0 Å². The first-order chi connectivity index (χ1) is 20.8. The molecule has 1 aliphatic heterocycles. The second kappa shape index (κ2) is 11.4. The Bertz CT molecular complexity index is 1750. The van der Waals surface area contributed by atoms with Crippen molar-refractivity contribution >= 4 is 11.7 Å². The number of aliphatic imine (C=N–C) groups is 2. The summed E-state index contributed by atoms with van der Waals surface area (Å²) in [5.74, 6) is 1.56. The van der Waals surface area contributed by atoms with Gasteiger partial charge in [-0.1, -0.05) is 78.9 Å². The van der Waals surface area contributed by atoms with E-state index in [4.69, 9.17) is 9.98 Å². The molecular formula is C36H26N6. The lowest BCUT2D eigenvalue weighted by Crippen LogP contribution is -2.36. The van der Waals surface area contributed by atoms with Crippen LogP contribution in [0.15, 0.2) is 156 Å². The van der Waals surface area contributed by atoms with Crippen LogP contribution < -0.4 is 5.32 Å². The monoisotopic (exact) mass is 542 g/mol. The van der Waals surface area contributed by atoms with Crippen LogP contribution in [0.5, 0.6) is 0 Å². The van der Waals surface area contributed by atoms with E-state index in [0.29, 0.717) is 0 Å². The Morgan fingerprint density at radius 3 is 1.29 bits per heavy atom. The maximum atomic E-state index is 5.06. The number of nitrogens with zero attached hydrogens (tertiary/aromatic N) is 5. The first-order valence-electron chi connectivity index (χ1n) is 13.7. The predicted octanol–water partition coefficient (Wildman–Crippen LogP) is 7.37. The molecule has 0 amide bonds. The van der Waals surface area contributed by atoms with Gasteiger partial charge in [-0.3, -0.25) is 15.0 Å². The molecule has 3 aromatic carbocycles. The van der Waals surface area contributed by atoms with E-state index in [0.717, 1.165) is 61.7 Å². The minimum atomic E-state index is -0.388. The smallest absolute Gasteiger partial charge is 0.169 e. The third-order valence-corrected chi connectivity index (χ3v) is 7.29. The molecule has 0 saturated carbocycles. The summed E-state index contributed by atoms with van der Waals surface area (Å²) in [5, 5.41) is 3.51. The maximum absolute atomic E-state index is 5.06. The molecule has 1 aliphatic rings. The zero-order valence-corrected chi connectivity index (χ0v) is 22.7. The third kappa shape index (κ3) is 5.33. The van der Waals surface area contributed by atoms with Gasteiger partial charge in [-0.2, -0.15) is 0 Å². The van der Waals surface area contributed by atoms with Crippen molar-refractivity contribution in [2.45, 2.75) is 6.17 Å². The Morgan fingerprint density at radius 1 is 0.381 bits per heavy atom. The van der Waals surface area contributed by atoms with Gasteiger partial charge in [0.15, 0.2) is 6.17 Å².